The maximum atomic E-state index is 11.5. The Morgan fingerprint density at radius 3 is 1.88 bits per heavy atom. The van der Waals surface area contributed by atoms with Gasteiger partial charge in [0, 0.05) is 10.4 Å². The minimum Gasteiger partial charge on any atom is -0.459 e. The van der Waals surface area contributed by atoms with Gasteiger partial charge in [-0.2, -0.15) is 0 Å². The van der Waals surface area contributed by atoms with Crippen LogP contribution in [0.3, 0.4) is 0 Å². The summed E-state index contributed by atoms with van der Waals surface area (Å²) in [6.45, 7) is 11.8. The molecule has 0 aliphatic carbocycles. The summed E-state index contributed by atoms with van der Waals surface area (Å²) in [5.74, 6) is 0.229. The zero-order valence-corrected chi connectivity index (χ0v) is 19.4. The SMILES string of the molecule is C=C(C)C(=O)OC(C)CC(C)C(Br)CCCCCCCCCCCC.N. The third-order valence-electron chi connectivity index (χ3n) is 4.81. The minimum absolute atomic E-state index is 0. The van der Waals surface area contributed by atoms with Gasteiger partial charge in [0.15, 0.2) is 0 Å². The predicted molar refractivity (Wildman–Crippen MR) is 118 cm³/mol. The van der Waals surface area contributed by atoms with Gasteiger partial charge in [-0.3, -0.25) is 0 Å². The lowest BCUT2D eigenvalue weighted by molar-refractivity contribution is -0.144. The van der Waals surface area contributed by atoms with Gasteiger partial charge in [0.25, 0.3) is 0 Å². The van der Waals surface area contributed by atoms with Crippen molar-refractivity contribution in [1.29, 1.82) is 0 Å². The lowest BCUT2D eigenvalue weighted by Gasteiger charge is -2.22. The summed E-state index contributed by atoms with van der Waals surface area (Å²) in [6, 6.07) is 0. The molecule has 3 N–H and O–H groups in total. The highest BCUT2D eigenvalue weighted by Crippen LogP contribution is 2.25. The fourth-order valence-electron chi connectivity index (χ4n) is 3.11. The van der Waals surface area contributed by atoms with Crippen molar-refractivity contribution in [2.24, 2.45) is 5.92 Å². The molecule has 0 spiro atoms. The van der Waals surface area contributed by atoms with Gasteiger partial charge in [-0.05, 0) is 32.6 Å². The van der Waals surface area contributed by atoms with Gasteiger partial charge in [-0.15, -0.1) is 0 Å². The van der Waals surface area contributed by atoms with E-state index in [4.69, 9.17) is 4.74 Å². The first-order valence-corrected chi connectivity index (χ1v) is 11.3. The second-order valence-corrected chi connectivity index (χ2v) is 8.87. The molecule has 0 heterocycles. The monoisotopic (exact) mass is 433 g/mol. The molecule has 0 saturated carbocycles. The summed E-state index contributed by atoms with van der Waals surface area (Å²) in [7, 11) is 0. The van der Waals surface area contributed by atoms with Gasteiger partial charge in [-0.1, -0.05) is 101 Å². The third kappa shape index (κ3) is 15.9. The van der Waals surface area contributed by atoms with Crippen molar-refractivity contribution >= 4 is 21.9 Å². The van der Waals surface area contributed by atoms with Crippen LogP contribution in [0, 0.1) is 5.92 Å². The first-order valence-electron chi connectivity index (χ1n) is 10.4. The number of ether oxygens (including phenoxy) is 1. The summed E-state index contributed by atoms with van der Waals surface area (Å²) in [5.41, 5.74) is 0.472. The van der Waals surface area contributed by atoms with Crippen molar-refractivity contribution in [3.05, 3.63) is 12.2 Å². The Morgan fingerprint density at radius 1 is 0.962 bits per heavy atom. The molecule has 0 amide bonds. The number of carbonyl (C=O) groups is 1. The second kappa shape index (κ2) is 18.0. The van der Waals surface area contributed by atoms with E-state index >= 15 is 0 Å². The molecule has 0 aliphatic rings. The van der Waals surface area contributed by atoms with Crippen LogP contribution in [0.1, 0.15) is 105 Å². The molecule has 4 heteroatoms. The molecule has 156 valence electrons. The van der Waals surface area contributed by atoms with E-state index in [1.54, 1.807) is 6.92 Å². The Morgan fingerprint density at radius 2 is 1.42 bits per heavy atom. The number of alkyl halides is 1. The molecule has 0 saturated heterocycles. The number of hydrogen-bond acceptors (Lipinski definition) is 3. The van der Waals surface area contributed by atoms with E-state index in [2.05, 4.69) is 36.4 Å². The number of halogens is 1. The van der Waals surface area contributed by atoms with Crippen molar-refractivity contribution < 1.29 is 9.53 Å². The van der Waals surface area contributed by atoms with E-state index in [1.807, 2.05) is 6.92 Å². The average Bonchev–Trinajstić information content (AvgIpc) is 2.55. The molecule has 0 fully saturated rings. The number of esters is 1. The van der Waals surface area contributed by atoms with Gasteiger partial charge in [-0.25, -0.2) is 4.79 Å². The van der Waals surface area contributed by atoms with Crippen molar-refractivity contribution in [3.63, 3.8) is 0 Å². The smallest absolute Gasteiger partial charge is 0.333 e. The van der Waals surface area contributed by atoms with Crippen LogP contribution in [0.15, 0.2) is 12.2 Å². The van der Waals surface area contributed by atoms with Crippen molar-refractivity contribution in [2.45, 2.75) is 116 Å². The molecule has 3 unspecified atom stereocenters. The molecular formula is C22H44BrNO2. The van der Waals surface area contributed by atoms with Gasteiger partial charge in [0.2, 0.25) is 0 Å². The van der Waals surface area contributed by atoms with Crippen molar-refractivity contribution in [3.8, 4) is 0 Å². The molecule has 0 aromatic rings. The molecule has 0 aromatic heterocycles. The van der Waals surface area contributed by atoms with E-state index < -0.39 is 0 Å². The van der Waals surface area contributed by atoms with Crippen LogP contribution in [-0.2, 0) is 9.53 Å². The van der Waals surface area contributed by atoms with Crippen molar-refractivity contribution in [2.75, 3.05) is 0 Å². The molecule has 26 heavy (non-hydrogen) atoms. The first kappa shape index (κ1) is 27.9. The molecule has 0 aromatic carbocycles. The molecule has 3 nitrogen and oxygen atoms in total. The molecule has 0 rings (SSSR count). The summed E-state index contributed by atoms with van der Waals surface area (Å²) >= 11 is 3.83. The number of unbranched alkanes of at least 4 members (excludes halogenated alkanes) is 9. The van der Waals surface area contributed by atoms with Crippen LogP contribution in [0.2, 0.25) is 0 Å². The summed E-state index contributed by atoms with van der Waals surface area (Å²) in [6.07, 6.45) is 15.8. The molecule has 0 aliphatic heterocycles. The lowest BCUT2D eigenvalue weighted by Crippen LogP contribution is -2.22. The van der Waals surface area contributed by atoms with Gasteiger partial charge >= 0.3 is 5.97 Å². The van der Waals surface area contributed by atoms with Crippen LogP contribution in [0.5, 0.6) is 0 Å². The quantitative estimate of drug-likeness (QED) is 0.117. The van der Waals surface area contributed by atoms with E-state index in [-0.39, 0.29) is 18.2 Å². The van der Waals surface area contributed by atoms with E-state index in [0.29, 0.717) is 16.3 Å². The Hall–Kier alpha value is -0.350. The van der Waals surface area contributed by atoms with Crippen molar-refractivity contribution in [1.82, 2.24) is 6.15 Å². The molecule has 0 bridgehead atoms. The van der Waals surface area contributed by atoms with E-state index in [0.717, 1.165) is 6.42 Å². The van der Waals surface area contributed by atoms with Gasteiger partial charge in [0.1, 0.15) is 0 Å². The van der Waals surface area contributed by atoms with Crippen LogP contribution in [-0.4, -0.2) is 16.9 Å². The molecular weight excluding hydrogens is 390 g/mol. The number of carbonyl (C=O) groups excluding carboxylic acids is 1. The maximum absolute atomic E-state index is 11.5. The zero-order valence-electron chi connectivity index (χ0n) is 17.8. The molecule has 3 atom stereocenters. The largest absolute Gasteiger partial charge is 0.459 e. The van der Waals surface area contributed by atoms with Crippen LogP contribution < -0.4 is 6.15 Å². The normalized spacial score (nSPS) is 14.2. The Bertz CT molecular complexity index is 360. The summed E-state index contributed by atoms with van der Waals surface area (Å²) in [5, 5.41) is 0. The highest BCUT2D eigenvalue weighted by Gasteiger charge is 2.19. The highest BCUT2D eigenvalue weighted by atomic mass is 79.9. The Balaban J connectivity index is 0. The van der Waals surface area contributed by atoms with Crippen LogP contribution in [0.25, 0.3) is 0 Å². The lowest BCUT2D eigenvalue weighted by atomic mass is 9.96. The average molecular weight is 435 g/mol. The predicted octanol–water partition coefficient (Wildman–Crippen LogP) is 7.76. The van der Waals surface area contributed by atoms with Crippen LogP contribution >= 0.6 is 15.9 Å². The van der Waals surface area contributed by atoms with Crippen LogP contribution in [0.4, 0.5) is 0 Å². The zero-order chi connectivity index (χ0) is 19.1. The Labute approximate surface area is 171 Å². The maximum Gasteiger partial charge on any atom is 0.333 e. The van der Waals surface area contributed by atoms with Gasteiger partial charge in [0.05, 0.1) is 6.10 Å². The topological polar surface area (TPSA) is 61.3 Å². The standard InChI is InChI=1S/C22H41BrO2.H3N/c1-6-7-8-9-10-11-12-13-14-15-16-21(23)19(4)17-20(5)25-22(24)18(2)3;/h19-21H,2,6-17H2,1,3-5H3;1H3. The summed E-state index contributed by atoms with van der Waals surface area (Å²) in [4.78, 5) is 12.0. The fourth-order valence-corrected chi connectivity index (χ4v) is 3.65. The number of hydrogen-bond donors (Lipinski definition) is 1. The minimum atomic E-state index is -0.277. The first-order chi connectivity index (χ1) is 11.9. The highest BCUT2D eigenvalue weighted by molar-refractivity contribution is 9.09. The Kier molecular flexibility index (Phi) is 19.3. The van der Waals surface area contributed by atoms with E-state index in [1.165, 1.54) is 70.6 Å². The number of rotatable bonds is 16. The second-order valence-electron chi connectivity index (χ2n) is 7.70. The fraction of sp³-hybridized carbons (Fsp3) is 0.864. The summed E-state index contributed by atoms with van der Waals surface area (Å²) < 4.78 is 5.38. The van der Waals surface area contributed by atoms with E-state index in [9.17, 15) is 4.79 Å². The molecule has 0 radical (unpaired) electrons. The van der Waals surface area contributed by atoms with Gasteiger partial charge < -0.3 is 10.9 Å². The third-order valence-corrected chi connectivity index (χ3v) is 6.17.